The van der Waals surface area contributed by atoms with Gasteiger partial charge in [-0.2, -0.15) is 0 Å². The lowest BCUT2D eigenvalue weighted by molar-refractivity contribution is -0.138. The Hall–Kier alpha value is -1.30. The fraction of sp³-hybridized carbons (Fsp3) is 0.636. The van der Waals surface area contributed by atoms with E-state index >= 15 is 0 Å². The van der Waals surface area contributed by atoms with E-state index in [0.29, 0.717) is 23.3 Å². The smallest absolute Gasteiger partial charge is 0.237 e. The summed E-state index contributed by atoms with van der Waals surface area (Å²) < 4.78 is 0. The minimum atomic E-state index is -0.694. The molecule has 7 heteroatoms. The number of rotatable bonds is 7. The van der Waals surface area contributed by atoms with Crippen molar-refractivity contribution >= 4 is 35.8 Å². The Morgan fingerprint density at radius 1 is 1.24 bits per heavy atom. The molecule has 0 spiro atoms. The Labute approximate surface area is 185 Å². The summed E-state index contributed by atoms with van der Waals surface area (Å²) in [4.78, 5) is 25.3. The maximum absolute atomic E-state index is 12.9. The molecule has 5 atom stereocenters. The maximum atomic E-state index is 12.9. The second kappa shape index (κ2) is 10.6. The number of carbonyl (C=O) groups excluding carboxylic acids is 2. The number of nitrogens with one attached hydrogen (secondary N) is 1. The van der Waals surface area contributed by atoms with E-state index in [1.807, 2.05) is 18.2 Å². The van der Waals surface area contributed by atoms with E-state index in [1.54, 1.807) is 13.0 Å². The summed E-state index contributed by atoms with van der Waals surface area (Å²) in [5, 5.41) is 3.58. The van der Waals surface area contributed by atoms with E-state index in [0.717, 1.165) is 24.8 Å². The molecule has 0 bridgehead atoms. The number of amides is 2. The standard InChI is InChI=1S/C22H34ClN3O2.ClH/c1-13(2)17-10-9-14(3)11-22(17,21(25)28)12-19(26-20(27)15(4)24)16-7-5-6-8-18(16)23;/h5-8,13-15,17,19H,9-12,24H2,1-4H3,(H2,25,28)(H,26,27);1H/t14?,15-,17?,19+,22?;/m1./s1. The summed E-state index contributed by atoms with van der Waals surface area (Å²) in [7, 11) is 0. The van der Waals surface area contributed by atoms with Crippen LogP contribution in [-0.4, -0.2) is 17.9 Å². The monoisotopic (exact) mass is 443 g/mol. The summed E-state index contributed by atoms with van der Waals surface area (Å²) in [6.07, 6.45) is 3.19. The van der Waals surface area contributed by atoms with Gasteiger partial charge in [0.05, 0.1) is 17.5 Å². The van der Waals surface area contributed by atoms with Gasteiger partial charge in [-0.25, -0.2) is 0 Å². The molecule has 0 aromatic heterocycles. The zero-order chi connectivity index (χ0) is 21.1. The minimum Gasteiger partial charge on any atom is -0.369 e. The van der Waals surface area contributed by atoms with Crippen molar-refractivity contribution < 1.29 is 9.59 Å². The second-order valence-electron chi connectivity index (χ2n) is 8.83. The highest BCUT2D eigenvalue weighted by Crippen LogP contribution is 2.52. The van der Waals surface area contributed by atoms with Crippen LogP contribution in [-0.2, 0) is 9.59 Å². The Morgan fingerprint density at radius 2 is 1.86 bits per heavy atom. The van der Waals surface area contributed by atoms with Crippen molar-refractivity contribution in [3.05, 3.63) is 34.9 Å². The molecule has 1 aliphatic rings. The molecule has 0 heterocycles. The van der Waals surface area contributed by atoms with E-state index in [-0.39, 0.29) is 30.1 Å². The van der Waals surface area contributed by atoms with Crippen LogP contribution in [0.15, 0.2) is 24.3 Å². The zero-order valence-electron chi connectivity index (χ0n) is 17.8. The van der Waals surface area contributed by atoms with Crippen LogP contribution in [0.25, 0.3) is 0 Å². The van der Waals surface area contributed by atoms with Crippen LogP contribution in [0.5, 0.6) is 0 Å². The first kappa shape index (κ1) is 25.7. The molecular weight excluding hydrogens is 409 g/mol. The van der Waals surface area contributed by atoms with Gasteiger partial charge in [0.1, 0.15) is 0 Å². The summed E-state index contributed by atoms with van der Waals surface area (Å²) >= 11 is 6.45. The summed E-state index contributed by atoms with van der Waals surface area (Å²) in [6, 6.07) is 6.33. The molecule has 3 unspecified atom stereocenters. The van der Waals surface area contributed by atoms with Gasteiger partial charge in [-0.15, -0.1) is 12.4 Å². The Kier molecular flexibility index (Phi) is 9.45. The van der Waals surface area contributed by atoms with Gasteiger partial charge >= 0.3 is 0 Å². The topological polar surface area (TPSA) is 98.2 Å². The number of benzene rings is 1. The molecule has 1 aliphatic carbocycles. The Balaban J connectivity index is 0.00000420. The molecule has 29 heavy (non-hydrogen) atoms. The maximum Gasteiger partial charge on any atom is 0.237 e. The average Bonchev–Trinajstić information content (AvgIpc) is 2.61. The highest BCUT2D eigenvalue weighted by atomic mass is 35.5. The van der Waals surface area contributed by atoms with Crippen LogP contribution in [0.4, 0.5) is 0 Å². The predicted molar refractivity (Wildman–Crippen MR) is 121 cm³/mol. The fourth-order valence-electron chi connectivity index (χ4n) is 4.87. The lowest BCUT2D eigenvalue weighted by Gasteiger charge is -2.48. The molecule has 1 fully saturated rings. The van der Waals surface area contributed by atoms with Gasteiger partial charge in [0, 0.05) is 5.02 Å². The Morgan fingerprint density at radius 3 is 2.38 bits per heavy atom. The summed E-state index contributed by atoms with van der Waals surface area (Å²) in [6.45, 7) is 8.09. The van der Waals surface area contributed by atoms with E-state index in [4.69, 9.17) is 23.1 Å². The third-order valence-electron chi connectivity index (χ3n) is 6.27. The number of primary amides is 1. The lowest BCUT2D eigenvalue weighted by Crippen LogP contribution is -2.51. The van der Waals surface area contributed by atoms with Crippen molar-refractivity contribution in [2.24, 2.45) is 34.6 Å². The number of hydrogen-bond acceptors (Lipinski definition) is 3. The predicted octanol–water partition coefficient (Wildman–Crippen LogP) is 4.22. The summed E-state index contributed by atoms with van der Waals surface area (Å²) in [5.74, 6) is 0.326. The molecule has 5 nitrogen and oxygen atoms in total. The molecular formula is C22H35Cl2N3O2. The van der Waals surface area contributed by atoms with Crippen molar-refractivity contribution in [1.82, 2.24) is 5.32 Å². The molecule has 0 aliphatic heterocycles. The number of carbonyl (C=O) groups is 2. The molecule has 1 aromatic carbocycles. The molecule has 1 aromatic rings. The van der Waals surface area contributed by atoms with Gasteiger partial charge in [-0.3, -0.25) is 9.59 Å². The average molecular weight is 444 g/mol. The van der Waals surface area contributed by atoms with Gasteiger partial charge < -0.3 is 16.8 Å². The first-order chi connectivity index (χ1) is 13.1. The van der Waals surface area contributed by atoms with Crippen LogP contribution >= 0.6 is 24.0 Å². The van der Waals surface area contributed by atoms with Crippen molar-refractivity contribution in [3.8, 4) is 0 Å². The molecule has 0 radical (unpaired) electrons. The molecule has 1 saturated carbocycles. The van der Waals surface area contributed by atoms with E-state index < -0.39 is 17.5 Å². The van der Waals surface area contributed by atoms with Crippen LogP contribution < -0.4 is 16.8 Å². The second-order valence-corrected chi connectivity index (χ2v) is 9.24. The molecule has 164 valence electrons. The highest BCUT2D eigenvalue weighted by Gasteiger charge is 2.50. The van der Waals surface area contributed by atoms with Gasteiger partial charge in [-0.1, -0.05) is 57.0 Å². The van der Waals surface area contributed by atoms with Crippen molar-refractivity contribution in [3.63, 3.8) is 0 Å². The molecule has 5 N–H and O–H groups in total. The van der Waals surface area contributed by atoms with E-state index in [9.17, 15) is 9.59 Å². The quantitative estimate of drug-likeness (QED) is 0.587. The Bertz CT molecular complexity index is 711. The molecule has 2 amide bonds. The SMILES string of the molecule is CC1CCC(C(C)C)C(C[C@H](NC(=O)[C@@H](C)N)c2ccccc2Cl)(C(N)=O)C1.Cl. The molecule has 0 saturated heterocycles. The van der Waals surface area contributed by atoms with Crippen LogP contribution in [0.1, 0.15) is 65.0 Å². The van der Waals surface area contributed by atoms with Crippen molar-refractivity contribution in [2.45, 2.75) is 65.5 Å². The number of hydrogen-bond donors (Lipinski definition) is 3. The fourth-order valence-corrected chi connectivity index (χ4v) is 5.14. The first-order valence-corrected chi connectivity index (χ1v) is 10.6. The van der Waals surface area contributed by atoms with Gasteiger partial charge in [0.25, 0.3) is 0 Å². The summed E-state index contributed by atoms with van der Waals surface area (Å²) in [5.41, 5.74) is 11.9. The van der Waals surface area contributed by atoms with Crippen molar-refractivity contribution in [1.29, 1.82) is 0 Å². The van der Waals surface area contributed by atoms with Crippen LogP contribution in [0.2, 0.25) is 5.02 Å². The normalized spacial score (nSPS) is 26.3. The minimum absolute atomic E-state index is 0. The number of halogens is 2. The van der Waals surface area contributed by atoms with E-state index in [2.05, 4.69) is 26.1 Å². The van der Waals surface area contributed by atoms with E-state index in [1.165, 1.54) is 0 Å². The largest absolute Gasteiger partial charge is 0.369 e. The van der Waals surface area contributed by atoms with Crippen LogP contribution in [0, 0.1) is 23.2 Å². The zero-order valence-corrected chi connectivity index (χ0v) is 19.4. The highest BCUT2D eigenvalue weighted by molar-refractivity contribution is 6.31. The first-order valence-electron chi connectivity index (χ1n) is 10.2. The third-order valence-corrected chi connectivity index (χ3v) is 6.61. The van der Waals surface area contributed by atoms with Gasteiger partial charge in [0.15, 0.2) is 0 Å². The van der Waals surface area contributed by atoms with Gasteiger partial charge in [-0.05, 0) is 55.6 Å². The van der Waals surface area contributed by atoms with Crippen LogP contribution in [0.3, 0.4) is 0 Å². The van der Waals surface area contributed by atoms with Gasteiger partial charge in [0.2, 0.25) is 11.8 Å². The molecule has 2 rings (SSSR count). The van der Waals surface area contributed by atoms with Crippen molar-refractivity contribution in [2.75, 3.05) is 0 Å². The number of nitrogens with two attached hydrogens (primary N) is 2. The lowest BCUT2D eigenvalue weighted by atomic mass is 9.57. The third kappa shape index (κ3) is 5.87.